The van der Waals surface area contributed by atoms with E-state index in [4.69, 9.17) is 0 Å². The highest BCUT2D eigenvalue weighted by atomic mass is 32.2. The maximum absolute atomic E-state index is 12.7. The van der Waals surface area contributed by atoms with Crippen molar-refractivity contribution >= 4 is 46.8 Å². The van der Waals surface area contributed by atoms with Gasteiger partial charge in [0.2, 0.25) is 11.8 Å². The standard InChI is InChI=1S/C24H30N4O5S2/c1-15(22(31)25-13-21(30)33-2)26-23(32)19-14-35-24(27-19)17-8-10-28(11-9-17)20(29)12-16-4-6-18(34-3)7-5-16/h4-7,14-15,17H,8-13H2,1-3H3,(H,25,31)(H,26,32). The summed E-state index contributed by atoms with van der Waals surface area (Å²) in [7, 11) is 1.23. The van der Waals surface area contributed by atoms with E-state index in [1.165, 1.54) is 30.3 Å². The number of amides is 3. The van der Waals surface area contributed by atoms with Gasteiger partial charge in [0.25, 0.3) is 5.91 Å². The normalized spacial score (nSPS) is 14.8. The maximum atomic E-state index is 12.7. The number of thioether (sulfide) groups is 1. The summed E-state index contributed by atoms with van der Waals surface area (Å²) in [6, 6.07) is 7.24. The number of thiazole rings is 1. The molecule has 1 fully saturated rings. The van der Waals surface area contributed by atoms with Gasteiger partial charge in [-0.3, -0.25) is 19.2 Å². The van der Waals surface area contributed by atoms with Crippen LogP contribution < -0.4 is 10.6 Å². The first-order valence-corrected chi connectivity index (χ1v) is 13.4. The molecule has 0 aliphatic carbocycles. The van der Waals surface area contributed by atoms with Gasteiger partial charge in [-0.25, -0.2) is 4.98 Å². The monoisotopic (exact) mass is 518 g/mol. The number of methoxy groups -OCH3 is 1. The van der Waals surface area contributed by atoms with Gasteiger partial charge in [0.1, 0.15) is 18.3 Å². The van der Waals surface area contributed by atoms with Gasteiger partial charge in [-0.1, -0.05) is 12.1 Å². The lowest BCUT2D eigenvalue weighted by Gasteiger charge is -2.31. The second-order valence-corrected chi connectivity index (χ2v) is 10.0. The zero-order chi connectivity index (χ0) is 25.4. The van der Waals surface area contributed by atoms with Crippen LogP contribution in [0.4, 0.5) is 0 Å². The minimum absolute atomic E-state index is 0.124. The van der Waals surface area contributed by atoms with Crippen LogP contribution in [0.5, 0.6) is 0 Å². The van der Waals surface area contributed by atoms with Crippen molar-refractivity contribution in [2.24, 2.45) is 0 Å². The molecule has 11 heteroatoms. The molecule has 2 aromatic rings. The highest BCUT2D eigenvalue weighted by Crippen LogP contribution is 2.30. The molecule has 1 aliphatic rings. The Morgan fingerprint density at radius 1 is 1.20 bits per heavy atom. The van der Waals surface area contributed by atoms with E-state index in [9.17, 15) is 19.2 Å². The molecule has 3 rings (SSSR count). The third-order valence-electron chi connectivity index (χ3n) is 5.84. The molecule has 35 heavy (non-hydrogen) atoms. The van der Waals surface area contributed by atoms with E-state index >= 15 is 0 Å². The molecule has 2 heterocycles. The average molecular weight is 519 g/mol. The summed E-state index contributed by atoms with van der Waals surface area (Å²) in [5, 5.41) is 7.53. The molecule has 1 saturated heterocycles. The lowest BCUT2D eigenvalue weighted by atomic mass is 9.97. The van der Waals surface area contributed by atoms with Crippen LogP contribution in [0.25, 0.3) is 0 Å². The molecule has 0 saturated carbocycles. The van der Waals surface area contributed by atoms with Crippen molar-refractivity contribution in [1.29, 1.82) is 0 Å². The van der Waals surface area contributed by atoms with E-state index in [0.29, 0.717) is 19.5 Å². The number of nitrogens with one attached hydrogen (secondary N) is 2. The number of ether oxygens (including phenoxy) is 1. The summed E-state index contributed by atoms with van der Waals surface area (Å²) in [6.07, 6.45) is 4.00. The lowest BCUT2D eigenvalue weighted by Crippen LogP contribution is -2.46. The first-order valence-electron chi connectivity index (χ1n) is 11.3. The molecule has 3 amide bonds. The fraction of sp³-hybridized carbons (Fsp3) is 0.458. The minimum atomic E-state index is -0.830. The van der Waals surface area contributed by atoms with Crippen LogP contribution in [-0.4, -0.2) is 72.6 Å². The van der Waals surface area contributed by atoms with Gasteiger partial charge in [0.15, 0.2) is 0 Å². The van der Waals surface area contributed by atoms with Crippen molar-refractivity contribution in [2.45, 2.75) is 43.0 Å². The third kappa shape index (κ3) is 7.53. The van der Waals surface area contributed by atoms with E-state index in [-0.39, 0.29) is 24.1 Å². The molecular formula is C24H30N4O5S2. The quantitative estimate of drug-likeness (QED) is 0.386. The topological polar surface area (TPSA) is 118 Å². The Morgan fingerprint density at radius 3 is 2.51 bits per heavy atom. The van der Waals surface area contributed by atoms with Crippen LogP contribution >= 0.6 is 23.1 Å². The Morgan fingerprint density at radius 2 is 1.89 bits per heavy atom. The van der Waals surface area contributed by atoms with Gasteiger partial charge in [-0.05, 0) is 43.7 Å². The number of carbonyl (C=O) groups is 4. The molecule has 1 aromatic carbocycles. The number of esters is 1. The van der Waals surface area contributed by atoms with Gasteiger partial charge in [0, 0.05) is 29.3 Å². The van der Waals surface area contributed by atoms with E-state index in [1.807, 2.05) is 35.4 Å². The number of aromatic nitrogens is 1. The summed E-state index contributed by atoms with van der Waals surface area (Å²) < 4.78 is 4.47. The molecule has 0 spiro atoms. The zero-order valence-corrected chi connectivity index (χ0v) is 21.7. The summed E-state index contributed by atoms with van der Waals surface area (Å²) in [5.74, 6) is -1.20. The maximum Gasteiger partial charge on any atom is 0.325 e. The fourth-order valence-electron chi connectivity index (χ4n) is 3.71. The van der Waals surface area contributed by atoms with Crippen LogP contribution in [0.15, 0.2) is 34.5 Å². The Hall–Kier alpha value is -2.92. The number of hydrogen-bond donors (Lipinski definition) is 2. The molecule has 188 valence electrons. The van der Waals surface area contributed by atoms with Gasteiger partial charge in [-0.2, -0.15) is 0 Å². The summed E-state index contributed by atoms with van der Waals surface area (Å²) in [5.41, 5.74) is 1.27. The minimum Gasteiger partial charge on any atom is -0.468 e. The predicted octanol–water partition coefficient (Wildman–Crippen LogP) is 2.22. The molecule has 1 aromatic heterocycles. The van der Waals surface area contributed by atoms with Crippen LogP contribution in [0.2, 0.25) is 0 Å². The molecule has 2 N–H and O–H groups in total. The smallest absolute Gasteiger partial charge is 0.325 e. The van der Waals surface area contributed by atoms with Gasteiger partial charge in [-0.15, -0.1) is 23.1 Å². The second kappa shape index (κ2) is 12.7. The SMILES string of the molecule is COC(=O)CNC(=O)C(C)NC(=O)c1csc(C2CCN(C(=O)Cc3ccc(SC)cc3)CC2)n1. The number of nitrogens with zero attached hydrogens (tertiary/aromatic N) is 2. The van der Waals surface area contributed by atoms with Crippen LogP contribution in [0, 0.1) is 0 Å². The van der Waals surface area contributed by atoms with E-state index in [2.05, 4.69) is 20.4 Å². The van der Waals surface area contributed by atoms with Crippen molar-refractivity contribution in [1.82, 2.24) is 20.5 Å². The summed E-state index contributed by atoms with van der Waals surface area (Å²) >= 11 is 3.09. The highest BCUT2D eigenvalue weighted by molar-refractivity contribution is 7.98. The van der Waals surface area contributed by atoms with Crippen molar-refractivity contribution in [3.05, 3.63) is 45.9 Å². The summed E-state index contributed by atoms with van der Waals surface area (Å²) in [4.78, 5) is 56.0. The fourth-order valence-corrected chi connectivity index (χ4v) is 5.09. The zero-order valence-electron chi connectivity index (χ0n) is 20.0. The summed E-state index contributed by atoms with van der Waals surface area (Å²) in [6.45, 7) is 2.58. The number of piperidine rings is 1. The Balaban J connectivity index is 1.47. The molecule has 9 nitrogen and oxygen atoms in total. The average Bonchev–Trinajstić information content (AvgIpc) is 3.38. The van der Waals surface area contributed by atoms with E-state index in [0.717, 1.165) is 23.4 Å². The van der Waals surface area contributed by atoms with Gasteiger partial charge >= 0.3 is 5.97 Å². The molecule has 0 bridgehead atoms. The predicted molar refractivity (Wildman–Crippen MR) is 135 cm³/mol. The van der Waals surface area contributed by atoms with Gasteiger partial charge in [0.05, 0.1) is 18.5 Å². The highest BCUT2D eigenvalue weighted by Gasteiger charge is 2.27. The molecular weight excluding hydrogens is 488 g/mol. The first-order chi connectivity index (χ1) is 16.8. The Kier molecular flexibility index (Phi) is 9.67. The Bertz CT molecular complexity index is 1050. The van der Waals surface area contributed by atoms with Crippen LogP contribution in [-0.2, 0) is 25.5 Å². The number of likely N-dealkylation sites (tertiary alicyclic amines) is 1. The molecule has 1 aliphatic heterocycles. The van der Waals surface area contributed by atoms with E-state index in [1.54, 1.807) is 17.1 Å². The van der Waals surface area contributed by atoms with Crippen molar-refractivity contribution in [3.8, 4) is 0 Å². The number of benzene rings is 1. The van der Waals surface area contributed by atoms with E-state index < -0.39 is 23.8 Å². The number of rotatable bonds is 9. The van der Waals surface area contributed by atoms with Crippen molar-refractivity contribution in [2.75, 3.05) is 33.0 Å². The number of carbonyl (C=O) groups excluding carboxylic acids is 4. The molecule has 1 atom stereocenters. The number of hydrogen-bond acceptors (Lipinski definition) is 8. The van der Waals surface area contributed by atoms with Crippen molar-refractivity contribution < 1.29 is 23.9 Å². The van der Waals surface area contributed by atoms with Crippen LogP contribution in [0.3, 0.4) is 0 Å². The van der Waals surface area contributed by atoms with Gasteiger partial charge < -0.3 is 20.3 Å². The van der Waals surface area contributed by atoms with Crippen LogP contribution in [0.1, 0.15) is 46.7 Å². The molecule has 0 radical (unpaired) electrons. The largest absolute Gasteiger partial charge is 0.468 e. The first kappa shape index (κ1) is 26.7. The third-order valence-corrected chi connectivity index (χ3v) is 7.59. The van der Waals surface area contributed by atoms with Crippen molar-refractivity contribution in [3.63, 3.8) is 0 Å². The second-order valence-electron chi connectivity index (χ2n) is 8.24. The lowest BCUT2D eigenvalue weighted by molar-refractivity contribution is -0.141. The Labute approximate surface area is 213 Å². The molecule has 1 unspecified atom stereocenters.